The molecular formula is C11H4Br2F2N2O3. The average molecular weight is 410 g/mol. The number of nitro groups is 1. The van der Waals surface area contributed by atoms with Gasteiger partial charge in [0, 0.05) is 21.2 Å². The molecule has 0 aliphatic rings. The van der Waals surface area contributed by atoms with Crippen molar-refractivity contribution in [1.82, 2.24) is 4.98 Å². The van der Waals surface area contributed by atoms with Crippen LogP contribution >= 0.6 is 31.9 Å². The van der Waals surface area contributed by atoms with Crippen LogP contribution in [-0.4, -0.2) is 9.91 Å². The maximum Gasteiger partial charge on any atom is 0.332 e. The fourth-order valence-electron chi connectivity index (χ4n) is 1.34. The molecule has 0 saturated heterocycles. The molecule has 0 bridgehead atoms. The molecule has 0 N–H and O–H groups in total. The van der Waals surface area contributed by atoms with Gasteiger partial charge in [-0.25, -0.2) is 9.37 Å². The molecule has 0 aliphatic heterocycles. The van der Waals surface area contributed by atoms with Gasteiger partial charge < -0.3 is 4.74 Å². The van der Waals surface area contributed by atoms with Crippen LogP contribution in [0, 0.1) is 21.7 Å². The topological polar surface area (TPSA) is 65.3 Å². The first-order chi connectivity index (χ1) is 9.38. The van der Waals surface area contributed by atoms with Crippen LogP contribution in [0.5, 0.6) is 11.6 Å². The fourth-order valence-corrected chi connectivity index (χ4v) is 2.06. The molecule has 0 fully saturated rings. The largest absolute Gasteiger partial charge is 0.430 e. The Kier molecular flexibility index (Phi) is 4.29. The molecule has 2 rings (SSSR count). The van der Waals surface area contributed by atoms with E-state index in [9.17, 15) is 18.9 Å². The minimum Gasteiger partial charge on any atom is -0.430 e. The summed E-state index contributed by atoms with van der Waals surface area (Å²) >= 11 is 5.99. The van der Waals surface area contributed by atoms with E-state index in [-0.39, 0.29) is 4.47 Å². The summed E-state index contributed by atoms with van der Waals surface area (Å²) in [5.41, 5.74) is -0.473. The van der Waals surface area contributed by atoms with Crippen molar-refractivity contribution < 1.29 is 18.4 Å². The zero-order valence-electron chi connectivity index (χ0n) is 9.44. The number of halogens is 4. The quantitative estimate of drug-likeness (QED) is 0.422. The van der Waals surface area contributed by atoms with Crippen molar-refractivity contribution in [2.24, 2.45) is 0 Å². The van der Waals surface area contributed by atoms with E-state index in [2.05, 4.69) is 36.8 Å². The third-order valence-corrected chi connectivity index (χ3v) is 3.05. The highest BCUT2D eigenvalue weighted by Gasteiger charge is 2.21. The number of benzene rings is 1. The van der Waals surface area contributed by atoms with Crippen LogP contribution < -0.4 is 4.74 Å². The predicted molar refractivity (Wildman–Crippen MR) is 72.7 cm³/mol. The maximum absolute atomic E-state index is 13.6. The van der Waals surface area contributed by atoms with Crippen LogP contribution in [0.15, 0.2) is 33.3 Å². The molecule has 1 aromatic heterocycles. The molecule has 0 saturated carbocycles. The van der Waals surface area contributed by atoms with Crippen LogP contribution in [0.25, 0.3) is 0 Å². The lowest BCUT2D eigenvalue weighted by Gasteiger charge is -2.07. The lowest BCUT2D eigenvalue weighted by molar-refractivity contribution is -0.386. The summed E-state index contributed by atoms with van der Waals surface area (Å²) in [6.45, 7) is 0. The van der Waals surface area contributed by atoms with Crippen molar-refractivity contribution in [3.8, 4) is 11.6 Å². The minimum absolute atomic E-state index is 0.228. The van der Waals surface area contributed by atoms with Gasteiger partial charge in [0.25, 0.3) is 5.88 Å². The Balaban J connectivity index is 2.48. The molecule has 9 heteroatoms. The van der Waals surface area contributed by atoms with E-state index in [1.165, 1.54) is 6.20 Å². The normalized spacial score (nSPS) is 10.4. The van der Waals surface area contributed by atoms with Gasteiger partial charge >= 0.3 is 5.69 Å². The molecule has 0 aliphatic carbocycles. The molecular weight excluding hydrogens is 406 g/mol. The Labute approximate surface area is 128 Å². The molecule has 20 heavy (non-hydrogen) atoms. The fraction of sp³-hybridized carbons (Fsp3) is 0. The van der Waals surface area contributed by atoms with Crippen LogP contribution in [0.4, 0.5) is 14.5 Å². The van der Waals surface area contributed by atoms with E-state index in [1.54, 1.807) is 0 Å². The number of pyridine rings is 1. The third-order valence-electron chi connectivity index (χ3n) is 2.16. The minimum atomic E-state index is -1.26. The Morgan fingerprint density at radius 2 is 1.90 bits per heavy atom. The number of hydrogen-bond donors (Lipinski definition) is 0. The van der Waals surface area contributed by atoms with Gasteiger partial charge in [-0.15, -0.1) is 0 Å². The molecule has 104 valence electrons. The molecule has 0 radical (unpaired) electrons. The van der Waals surface area contributed by atoms with Crippen molar-refractivity contribution in [2.75, 3.05) is 0 Å². The molecule has 0 spiro atoms. The highest BCUT2D eigenvalue weighted by molar-refractivity contribution is 9.10. The lowest BCUT2D eigenvalue weighted by Crippen LogP contribution is -1.98. The molecule has 2 aromatic rings. The summed E-state index contributed by atoms with van der Waals surface area (Å²) in [7, 11) is 0. The van der Waals surface area contributed by atoms with Crippen LogP contribution in [0.3, 0.4) is 0 Å². The second-order valence-electron chi connectivity index (χ2n) is 3.54. The van der Waals surface area contributed by atoms with E-state index in [4.69, 9.17) is 4.74 Å². The van der Waals surface area contributed by atoms with E-state index >= 15 is 0 Å². The summed E-state index contributed by atoms with van der Waals surface area (Å²) in [6, 6.07) is 3.20. The maximum atomic E-state index is 13.6. The second kappa shape index (κ2) is 5.80. The van der Waals surface area contributed by atoms with Crippen molar-refractivity contribution in [3.05, 3.63) is 55.1 Å². The molecule has 0 unspecified atom stereocenters. The van der Waals surface area contributed by atoms with Gasteiger partial charge in [0.1, 0.15) is 0 Å². The smallest absolute Gasteiger partial charge is 0.332 e. The summed E-state index contributed by atoms with van der Waals surface area (Å²) in [6.07, 6.45) is 1.24. The molecule has 1 aromatic carbocycles. The average Bonchev–Trinajstić information content (AvgIpc) is 2.37. The summed E-state index contributed by atoms with van der Waals surface area (Å²) in [5, 5.41) is 10.9. The molecule has 0 amide bonds. The SMILES string of the molecule is O=[N+]([O-])c1cc(Br)cnc1Oc1cc(Br)cc(F)c1F. The lowest BCUT2D eigenvalue weighted by atomic mass is 10.3. The number of nitrogens with zero attached hydrogens (tertiary/aromatic N) is 2. The van der Waals surface area contributed by atoms with Crippen molar-refractivity contribution in [1.29, 1.82) is 0 Å². The van der Waals surface area contributed by atoms with Gasteiger partial charge in [-0.2, -0.15) is 4.39 Å². The first kappa shape index (κ1) is 14.8. The zero-order chi connectivity index (χ0) is 14.9. The molecule has 5 nitrogen and oxygen atoms in total. The van der Waals surface area contributed by atoms with Crippen LogP contribution in [0.2, 0.25) is 0 Å². The Hall–Kier alpha value is -1.61. The van der Waals surface area contributed by atoms with Gasteiger partial charge in [0.2, 0.25) is 5.82 Å². The highest BCUT2D eigenvalue weighted by Crippen LogP contribution is 2.34. The predicted octanol–water partition coefficient (Wildman–Crippen LogP) is 4.59. The van der Waals surface area contributed by atoms with Gasteiger partial charge in [-0.05, 0) is 28.1 Å². The van der Waals surface area contributed by atoms with Gasteiger partial charge in [-0.1, -0.05) is 15.9 Å². The van der Waals surface area contributed by atoms with E-state index < -0.39 is 33.9 Å². The van der Waals surface area contributed by atoms with Gasteiger partial charge in [-0.3, -0.25) is 10.1 Å². The van der Waals surface area contributed by atoms with Crippen LogP contribution in [-0.2, 0) is 0 Å². The van der Waals surface area contributed by atoms with Gasteiger partial charge in [0.15, 0.2) is 11.6 Å². The summed E-state index contributed by atoms with van der Waals surface area (Å²) in [5.74, 6) is -3.34. The Morgan fingerprint density at radius 1 is 1.20 bits per heavy atom. The molecule has 0 atom stereocenters. The third kappa shape index (κ3) is 3.10. The number of aromatic nitrogens is 1. The van der Waals surface area contributed by atoms with Gasteiger partial charge in [0.05, 0.1) is 4.92 Å². The van der Waals surface area contributed by atoms with E-state index in [0.717, 1.165) is 18.2 Å². The first-order valence-corrected chi connectivity index (χ1v) is 6.59. The molecule has 1 heterocycles. The van der Waals surface area contributed by atoms with Crippen molar-refractivity contribution in [3.63, 3.8) is 0 Å². The monoisotopic (exact) mass is 408 g/mol. The number of rotatable bonds is 3. The van der Waals surface area contributed by atoms with Crippen molar-refractivity contribution in [2.45, 2.75) is 0 Å². The van der Waals surface area contributed by atoms with Crippen molar-refractivity contribution >= 4 is 37.5 Å². The first-order valence-electron chi connectivity index (χ1n) is 5.01. The number of ether oxygens (including phenoxy) is 1. The van der Waals surface area contributed by atoms with Crippen LogP contribution in [0.1, 0.15) is 0 Å². The summed E-state index contributed by atoms with van der Waals surface area (Å²) < 4.78 is 32.4. The zero-order valence-corrected chi connectivity index (χ0v) is 12.6. The Bertz CT molecular complexity index is 698. The van der Waals surface area contributed by atoms with E-state index in [0.29, 0.717) is 4.47 Å². The standard InChI is InChI=1S/C11H4Br2F2N2O3/c12-5-1-7(14)10(15)9(3-5)20-11-8(17(18)19)2-6(13)4-16-11/h1-4H. The summed E-state index contributed by atoms with van der Waals surface area (Å²) in [4.78, 5) is 13.8. The second-order valence-corrected chi connectivity index (χ2v) is 5.37. The van der Waals surface area contributed by atoms with E-state index in [1.807, 2.05) is 0 Å². The number of hydrogen-bond acceptors (Lipinski definition) is 4. The Morgan fingerprint density at radius 3 is 2.55 bits per heavy atom. The highest BCUT2D eigenvalue weighted by atomic mass is 79.9.